The third-order valence-electron chi connectivity index (χ3n) is 2.88. The van der Waals surface area contributed by atoms with Crippen LogP contribution in [0, 0.1) is 0 Å². The molecule has 3 N–H and O–H groups in total. The molecule has 0 bridgehead atoms. The molecule has 1 unspecified atom stereocenters. The zero-order chi connectivity index (χ0) is 14.5. The molecule has 1 atom stereocenters. The van der Waals surface area contributed by atoms with Crippen molar-refractivity contribution in [3.63, 3.8) is 0 Å². The maximum absolute atomic E-state index is 11.8. The zero-order valence-electron chi connectivity index (χ0n) is 11.2. The van der Waals surface area contributed by atoms with Gasteiger partial charge in [-0.15, -0.1) is 0 Å². The summed E-state index contributed by atoms with van der Waals surface area (Å²) < 4.78 is 22.6. The molecule has 1 aromatic carbocycles. The number of amides is 1. The predicted molar refractivity (Wildman–Crippen MR) is 76.8 cm³/mol. The van der Waals surface area contributed by atoms with Crippen LogP contribution >= 0.6 is 0 Å². The van der Waals surface area contributed by atoms with Gasteiger partial charge in [-0.1, -0.05) is 12.1 Å². The van der Waals surface area contributed by atoms with Crippen LogP contribution < -0.4 is 11.1 Å². The smallest absolute Gasteiger partial charge is 0.242 e. The number of sulfone groups is 1. The molecule has 0 fully saturated rings. The molecule has 0 radical (unpaired) electrons. The first-order valence-electron chi connectivity index (χ1n) is 6.13. The SMILES string of the molecule is CC(C(=O)Nc1cccc(CCCN)c1)S(C)(=O)=O. The monoisotopic (exact) mass is 284 g/mol. The van der Waals surface area contributed by atoms with Crippen LogP contribution in [0.3, 0.4) is 0 Å². The second kappa shape index (κ2) is 6.68. The highest BCUT2D eigenvalue weighted by atomic mass is 32.2. The van der Waals surface area contributed by atoms with Crippen LogP contribution in [-0.4, -0.2) is 32.4 Å². The first kappa shape index (κ1) is 15.7. The van der Waals surface area contributed by atoms with Gasteiger partial charge in [-0.05, 0) is 44.0 Å². The van der Waals surface area contributed by atoms with Gasteiger partial charge in [-0.25, -0.2) is 8.42 Å². The van der Waals surface area contributed by atoms with Crippen molar-refractivity contribution in [3.8, 4) is 0 Å². The molecule has 0 heterocycles. The van der Waals surface area contributed by atoms with Crippen LogP contribution in [0.4, 0.5) is 5.69 Å². The highest BCUT2D eigenvalue weighted by Gasteiger charge is 2.23. The molecule has 1 rings (SSSR count). The van der Waals surface area contributed by atoms with Gasteiger partial charge in [-0.2, -0.15) is 0 Å². The second-order valence-corrected chi connectivity index (χ2v) is 6.92. The minimum atomic E-state index is -3.38. The van der Waals surface area contributed by atoms with Gasteiger partial charge in [-0.3, -0.25) is 4.79 Å². The molecular weight excluding hydrogens is 264 g/mol. The van der Waals surface area contributed by atoms with E-state index in [9.17, 15) is 13.2 Å². The van der Waals surface area contributed by atoms with E-state index in [1.165, 1.54) is 6.92 Å². The van der Waals surface area contributed by atoms with Crippen LogP contribution in [0.5, 0.6) is 0 Å². The normalized spacial score (nSPS) is 13.0. The van der Waals surface area contributed by atoms with Crippen molar-refractivity contribution in [2.24, 2.45) is 5.73 Å². The van der Waals surface area contributed by atoms with Crippen LogP contribution in [0.25, 0.3) is 0 Å². The zero-order valence-corrected chi connectivity index (χ0v) is 12.0. The number of rotatable bonds is 6. The molecule has 1 amide bonds. The summed E-state index contributed by atoms with van der Waals surface area (Å²) in [4.78, 5) is 11.8. The standard InChI is InChI=1S/C13H20N2O3S/c1-10(19(2,17)18)13(16)15-12-7-3-5-11(9-12)6-4-8-14/h3,5,7,9-10H,4,6,8,14H2,1-2H3,(H,15,16). The second-order valence-electron chi connectivity index (χ2n) is 4.55. The van der Waals surface area contributed by atoms with E-state index < -0.39 is 21.0 Å². The molecule has 0 aromatic heterocycles. The van der Waals surface area contributed by atoms with E-state index in [2.05, 4.69) is 5.32 Å². The van der Waals surface area contributed by atoms with Gasteiger partial charge < -0.3 is 11.1 Å². The molecular formula is C13H20N2O3S. The lowest BCUT2D eigenvalue weighted by atomic mass is 10.1. The van der Waals surface area contributed by atoms with Gasteiger partial charge in [0, 0.05) is 11.9 Å². The minimum absolute atomic E-state index is 0.515. The van der Waals surface area contributed by atoms with Crippen LogP contribution in [0.2, 0.25) is 0 Å². The average molecular weight is 284 g/mol. The number of aryl methyl sites for hydroxylation is 1. The van der Waals surface area contributed by atoms with Crippen molar-refractivity contribution in [3.05, 3.63) is 29.8 Å². The summed E-state index contributed by atoms with van der Waals surface area (Å²) in [6.45, 7) is 1.99. The molecule has 0 aliphatic carbocycles. The molecule has 19 heavy (non-hydrogen) atoms. The van der Waals surface area contributed by atoms with Crippen molar-refractivity contribution in [1.29, 1.82) is 0 Å². The Morgan fingerprint density at radius 3 is 2.68 bits per heavy atom. The number of carbonyl (C=O) groups excluding carboxylic acids is 1. The van der Waals surface area contributed by atoms with Crippen molar-refractivity contribution in [1.82, 2.24) is 0 Å². The Balaban J connectivity index is 2.74. The van der Waals surface area contributed by atoms with E-state index in [4.69, 9.17) is 5.73 Å². The van der Waals surface area contributed by atoms with Crippen LogP contribution in [0.15, 0.2) is 24.3 Å². The maximum Gasteiger partial charge on any atom is 0.242 e. The fourth-order valence-corrected chi connectivity index (χ4v) is 2.00. The largest absolute Gasteiger partial charge is 0.330 e. The summed E-state index contributed by atoms with van der Waals surface area (Å²) in [6, 6.07) is 7.35. The van der Waals surface area contributed by atoms with Gasteiger partial charge in [0.1, 0.15) is 5.25 Å². The summed E-state index contributed by atoms with van der Waals surface area (Å²) in [5.74, 6) is -0.515. The molecule has 1 aromatic rings. The van der Waals surface area contributed by atoms with E-state index in [-0.39, 0.29) is 0 Å². The Kier molecular flexibility index (Phi) is 5.50. The molecule has 0 saturated carbocycles. The molecule has 0 aliphatic rings. The Bertz CT molecular complexity index is 541. The number of carbonyl (C=O) groups is 1. The van der Waals surface area contributed by atoms with E-state index in [1.807, 2.05) is 18.2 Å². The highest BCUT2D eigenvalue weighted by molar-refractivity contribution is 7.92. The number of anilines is 1. The van der Waals surface area contributed by atoms with Crippen molar-refractivity contribution < 1.29 is 13.2 Å². The van der Waals surface area contributed by atoms with E-state index in [0.29, 0.717) is 12.2 Å². The topological polar surface area (TPSA) is 89.3 Å². The Hall–Kier alpha value is -1.40. The quantitative estimate of drug-likeness (QED) is 0.814. The fraction of sp³-hybridized carbons (Fsp3) is 0.462. The maximum atomic E-state index is 11.8. The number of hydrogen-bond acceptors (Lipinski definition) is 4. The number of nitrogens with one attached hydrogen (secondary N) is 1. The lowest BCUT2D eigenvalue weighted by Gasteiger charge is -2.11. The van der Waals surface area contributed by atoms with Crippen LogP contribution in [-0.2, 0) is 21.1 Å². The lowest BCUT2D eigenvalue weighted by Crippen LogP contribution is -2.31. The molecule has 6 heteroatoms. The van der Waals surface area contributed by atoms with Gasteiger partial charge in [0.2, 0.25) is 5.91 Å². The summed E-state index contributed by atoms with van der Waals surface area (Å²) in [7, 11) is -3.38. The summed E-state index contributed by atoms with van der Waals surface area (Å²) in [6.07, 6.45) is 2.76. The van der Waals surface area contributed by atoms with E-state index in [1.54, 1.807) is 6.07 Å². The summed E-state index contributed by atoms with van der Waals surface area (Å²) in [5.41, 5.74) is 7.12. The lowest BCUT2D eigenvalue weighted by molar-refractivity contribution is -0.115. The highest BCUT2D eigenvalue weighted by Crippen LogP contribution is 2.13. The van der Waals surface area contributed by atoms with Crippen LogP contribution in [0.1, 0.15) is 18.9 Å². The fourth-order valence-electron chi connectivity index (χ4n) is 1.55. The van der Waals surface area contributed by atoms with Gasteiger partial charge in [0.05, 0.1) is 0 Å². The van der Waals surface area contributed by atoms with Gasteiger partial charge in [0.15, 0.2) is 9.84 Å². The third kappa shape index (κ3) is 5.00. The minimum Gasteiger partial charge on any atom is -0.330 e. The Morgan fingerprint density at radius 1 is 1.42 bits per heavy atom. The number of nitrogens with two attached hydrogens (primary N) is 1. The number of hydrogen-bond donors (Lipinski definition) is 2. The van der Waals surface area contributed by atoms with Crippen molar-refractivity contribution >= 4 is 21.4 Å². The van der Waals surface area contributed by atoms with E-state index in [0.717, 1.165) is 24.7 Å². The first-order valence-corrected chi connectivity index (χ1v) is 8.09. The third-order valence-corrected chi connectivity index (χ3v) is 4.37. The number of benzene rings is 1. The molecule has 0 spiro atoms. The summed E-state index contributed by atoms with van der Waals surface area (Å²) >= 11 is 0. The molecule has 106 valence electrons. The predicted octanol–water partition coefficient (Wildman–Crippen LogP) is 0.950. The Morgan fingerprint density at radius 2 is 2.11 bits per heavy atom. The Labute approximate surface area is 114 Å². The van der Waals surface area contributed by atoms with Crippen molar-refractivity contribution in [2.45, 2.75) is 25.0 Å². The summed E-state index contributed by atoms with van der Waals surface area (Å²) in [5, 5.41) is 1.56. The first-order chi connectivity index (χ1) is 8.84. The van der Waals surface area contributed by atoms with Gasteiger partial charge >= 0.3 is 0 Å². The van der Waals surface area contributed by atoms with Crippen molar-refractivity contribution in [2.75, 3.05) is 18.1 Å². The van der Waals surface area contributed by atoms with E-state index >= 15 is 0 Å². The molecule has 0 aliphatic heterocycles. The average Bonchev–Trinajstić information content (AvgIpc) is 2.34. The molecule has 5 nitrogen and oxygen atoms in total. The molecule has 0 saturated heterocycles. The van der Waals surface area contributed by atoms with Gasteiger partial charge in [0.25, 0.3) is 0 Å².